The van der Waals surface area contributed by atoms with E-state index in [0.717, 1.165) is 24.2 Å². The number of benzene rings is 1. The number of para-hydroxylation sites is 1. The lowest BCUT2D eigenvalue weighted by Crippen LogP contribution is -2.32. The van der Waals surface area contributed by atoms with E-state index >= 15 is 0 Å². The van der Waals surface area contributed by atoms with Crippen molar-refractivity contribution in [3.05, 3.63) is 29.8 Å². The average Bonchev–Trinajstić information content (AvgIpc) is 2.43. The van der Waals surface area contributed by atoms with Crippen LogP contribution in [0, 0.1) is 0 Å². The minimum atomic E-state index is -3.25. The smallest absolute Gasteiger partial charge is 0.155 e. The number of ketones is 1. The summed E-state index contributed by atoms with van der Waals surface area (Å²) in [7, 11) is -3.25. The van der Waals surface area contributed by atoms with Gasteiger partial charge in [0.1, 0.15) is 5.78 Å². The van der Waals surface area contributed by atoms with Gasteiger partial charge in [0.25, 0.3) is 0 Å². The molecular weight excluding hydrogens is 286 g/mol. The molecule has 1 heterocycles. The summed E-state index contributed by atoms with van der Waals surface area (Å²) in [6.45, 7) is 5.77. The number of hydrogen-bond acceptors (Lipinski definition) is 4. The molecule has 0 radical (unpaired) electrons. The normalized spacial score (nSPS) is 18.7. The molecule has 0 bridgehead atoms. The van der Waals surface area contributed by atoms with Gasteiger partial charge in [-0.05, 0) is 38.8 Å². The highest BCUT2D eigenvalue weighted by atomic mass is 32.2. The molecule has 0 saturated heterocycles. The lowest BCUT2D eigenvalue weighted by molar-refractivity contribution is -0.120. The second-order valence-electron chi connectivity index (χ2n) is 6.50. The molecule has 1 aromatic rings. The number of nitrogens with one attached hydrogen (secondary N) is 1. The lowest BCUT2D eigenvalue weighted by atomic mass is 9.87. The first-order valence-corrected chi connectivity index (χ1v) is 8.95. The van der Waals surface area contributed by atoms with Crippen LogP contribution in [0.4, 0.5) is 5.69 Å². The third-order valence-corrected chi connectivity index (χ3v) is 6.63. The molecule has 0 aromatic heterocycles. The van der Waals surface area contributed by atoms with E-state index in [-0.39, 0.29) is 23.9 Å². The highest BCUT2D eigenvalue weighted by molar-refractivity contribution is 7.92. The Bertz CT molecular complexity index is 629. The maximum atomic E-state index is 12.4. The molecule has 21 heavy (non-hydrogen) atoms. The third-order valence-electron chi connectivity index (χ3n) is 4.02. The fourth-order valence-electron chi connectivity index (χ4n) is 2.52. The van der Waals surface area contributed by atoms with Gasteiger partial charge in [-0.1, -0.05) is 18.2 Å². The number of fused-ring (bicyclic) bond motifs is 1. The molecule has 1 aliphatic heterocycles. The molecule has 4 nitrogen and oxygen atoms in total. The second kappa shape index (κ2) is 5.79. The van der Waals surface area contributed by atoms with Gasteiger partial charge in [-0.15, -0.1) is 0 Å². The Hall–Kier alpha value is -1.36. The Kier molecular flexibility index (Phi) is 4.42. The highest BCUT2D eigenvalue weighted by Crippen LogP contribution is 2.33. The van der Waals surface area contributed by atoms with E-state index < -0.39 is 14.6 Å². The first kappa shape index (κ1) is 16.0. The molecule has 2 rings (SSSR count). The first-order valence-electron chi connectivity index (χ1n) is 7.30. The number of hydrogen-bond donors (Lipinski definition) is 1. The molecule has 0 amide bonds. The van der Waals surface area contributed by atoms with Crippen molar-refractivity contribution >= 4 is 21.3 Å². The number of rotatable bonds is 4. The van der Waals surface area contributed by atoms with Gasteiger partial charge in [0.05, 0.1) is 10.5 Å². The van der Waals surface area contributed by atoms with Gasteiger partial charge >= 0.3 is 0 Å². The van der Waals surface area contributed by atoms with E-state index in [4.69, 9.17) is 0 Å². The number of anilines is 1. The van der Waals surface area contributed by atoms with E-state index in [0.29, 0.717) is 0 Å². The Morgan fingerprint density at radius 2 is 1.95 bits per heavy atom. The maximum Gasteiger partial charge on any atom is 0.155 e. The zero-order chi connectivity index (χ0) is 15.7. The Morgan fingerprint density at radius 3 is 2.62 bits per heavy atom. The average molecular weight is 309 g/mol. The summed E-state index contributed by atoms with van der Waals surface area (Å²) >= 11 is 0. The molecule has 1 atom stereocenters. The van der Waals surface area contributed by atoms with Crippen molar-refractivity contribution in [3.8, 4) is 0 Å². The molecule has 116 valence electrons. The summed E-state index contributed by atoms with van der Waals surface area (Å²) in [5, 5.41) is 3.27. The fourth-order valence-corrected chi connectivity index (χ4v) is 3.60. The monoisotopic (exact) mass is 309 g/mol. The Balaban J connectivity index is 2.10. The van der Waals surface area contributed by atoms with Crippen LogP contribution < -0.4 is 5.32 Å². The SMILES string of the molecule is CC(C)(C)S(=O)(=O)CCC(=O)C1CCNc2ccccc21. The maximum absolute atomic E-state index is 12.4. The zero-order valence-electron chi connectivity index (χ0n) is 12.8. The minimum absolute atomic E-state index is 0.0248. The highest BCUT2D eigenvalue weighted by Gasteiger charge is 2.31. The van der Waals surface area contributed by atoms with Crippen LogP contribution >= 0.6 is 0 Å². The van der Waals surface area contributed by atoms with Gasteiger partial charge < -0.3 is 5.32 Å². The standard InChI is InChI=1S/C16H23NO3S/c1-16(2,3)21(19,20)11-9-15(18)13-8-10-17-14-7-5-4-6-12(13)14/h4-7,13,17H,8-11H2,1-3H3. The van der Waals surface area contributed by atoms with Crippen molar-refractivity contribution in [2.45, 2.75) is 44.3 Å². The Morgan fingerprint density at radius 1 is 1.29 bits per heavy atom. The quantitative estimate of drug-likeness (QED) is 0.929. The number of carbonyl (C=O) groups is 1. The molecule has 1 aromatic carbocycles. The summed E-state index contributed by atoms with van der Waals surface area (Å²) in [5.41, 5.74) is 1.97. The molecule has 0 spiro atoms. The molecule has 1 unspecified atom stereocenters. The number of carbonyl (C=O) groups excluding carboxylic acids is 1. The van der Waals surface area contributed by atoms with Crippen molar-refractivity contribution in [3.63, 3.8) is 0 Å². The van der Waals surface area contributed by atoms with Gasteiger partial charge in [0, 0.05) is 24.6 Å². The van der Waals surface area contributed by atoms with E-state index in [2.05, 4.69) is 5.32 Å². The first-order chi connectivity index (χ1) is 9.72. The summed E-state index contributed by atoms with van der Waals surface area (Å²) in [6.07, 6.45) is 0.823. The van der Waals surface area contributed by atoms with E-state index in [1.54, 1.807) is 20.8 Å². The molecule has 0 saturated carbocycles. The van der Waals surface area contributed by atoms with Crippen LogP contribution in [0.1, 0.15) is 45.1 Å². The number of Topliss-reactive ketones (excluding diaryl/α,β-unsaturated/α-hetero) is 1. The largest absolute Gasteiger partial charge is 0.385 e. The lowest BCUT2D eigenvalue weighted by Gasteiger charge is -2.26. The topological polar surface area (TPSA) is 63.2 Å². The van der Waals surface area contributed by atoms with E-state index in [1.165, 1.54) is 0 Å². The predicted octanol–water partition coefficient (Wildman–Crippen LogP) is 2.76. The molecule has 1 N–H and O–H groups in total. The van der Waals surface area contributed by atoms with Crippen molar-refractivity contribution in [1.29, 1.82) is 0 Å². The van der Waals surface area contributed by atoms with Crippen LogP contribution in [0.5, 0.6) is 0 Å². The summed E-state index contributed by atoms with van der Waals surface area (Å²) in [6, 6.07) is 7.75. The molecule has 1 aliphatic rings. The van der Waals surface area contributed by atoms with Gasteiger partial charge in [-0.25, -0.2) is 8.42 Å². The number of sulfone groups is 1. The van der Waals surface area contributed by atoms with Gasteiger partial charge in [0.2, 0.25) is 0 Å². The fraction of sp³-hybridized carbons (Fsp3) is 0.562. The van der Waals surface area contributed by atoms with Crippen LogP contribution in [0.15, 0.2) is 24.3 Å². The summed E-state index contributed by atoms with van der Waals surface area (Å²) < 4.78 is 23.4. The molecule has 5 heteroatoms. The Labute approximate surface area is 126 Å². The molecular formula is C16H23NO3S. The minimum Gasteiger partial charge on any atom is -0.385 e. The van der Waals surface area contributed by atoms with Gasteiger partial charge in [-0.3, -0.25) is 4.79 Å². The van der Waals surface area contributed by atoms with Crippen molar-refractivity contribution in [1.82, 2.24) is 0 Å². The summed E-state index contributed by atoms with van der Waals surface area (Å²) in [4.78, 5) is 12.4. The zero-order valence-corrected chi connectivity index (χ0v) is 13.7. The summed E-state index contributed by atoms with van der Waals surface area (Å²) in [5.74, 6) is -0.226. The molecule has 0 aliphatic carbocycles. The molecule has 0 fully saturated rings. The van der Waals surface area contributed by atoms with Crippen molar-refractivity contribution in [2.75, 3.05) is 17.6 Å². The van der Waals surface area contributed by atoms with Crippen LogP contribution in [-0.2, 0) is 14.6 Å². The van der Waals surface area contributed by atoms with Crippen LogP contribution in [0.25, 0.3) is 0 Å². The van der Waals surface area contributed by atoms with E-state index in [1.807, 2.05) is 24.3 Å². The predicted molar refractivity (Wildman–Crippen MR) is 85.5 cm³/mol. The van der Waals surface area contributed by atoms with Crippen LogP contribution in [0.2, 0.25) is 0 Å². The van der Waals surface area contributed by atoms with Crippen LogP contribution in [-0.4, -0.2) is 31.2 Å². The second-order valence-corrected chi connectivity index (χ2v) is 9.37. The third kappa shape index (κ3) is 3.46. The van der Waals surface area contributed by atoms with Gasteiger partial charge in [0.15, 0.2) is 9.84 Å². The van der Waals surface area contributed by atoms with Crippen molar-refractivity contribution < 1.29 is 13.2 Å². The van der Waals surface area contributed by atoms with E-state index in [9.17, 15) is 13.2 Å². The van der Waals surface area contributed by atoms with Crippen molar-refractivity contribution in [2.24, 2.45) is 0 Å². The van der Waals surface area contributed by atoms with Gasteiger partial charge in [-0.2, -0.15) is 0 Å². The van der Waals surface area contributed by atoms with Crippen LogP contribution in [0.3, 0.4) is 0 Å².